The third-order valence-electron chi connectivity index (χ3n) is 6.39. The summed E-state index contributed by atoms with van der Waals surface area (Å²) >= 11 is 0. The average Bonchev–Trinajstić information content (AvgIpc) is 3.48. The summed E-state index contributed by atoms with van der Waals surface area (Å²) in [5, 5.41) is 0.621. The topological polar surface area (TPSA) is 55.2 Å². The lowest BCUT2D eigenvalue weighted by molar-refractivity contribution is 0.0628. The van der Waals surface area contributed by atoms with E-state index in [1.165, 1.54) is 12.8 Å². The highest BCUT2D eigenvalue weighted by atomic mass is 16.2. The van der Waals surface area contributed by atoms with Crippen molar-refractivity contribution in [1.29, 1.82) is 0 Å². The Morgan fingerprint density at radius 3 is 2.61 bits per heavy atom. The number of nitrogens with zero attached hydrogens (tertiary/aromatic N) is 3. The molecule has 150 valence electrons. The van der Waals surface area contributed by atoms with Gasteiger partial charge in [-0.1, -0.05) is 26.7 Å². The Hall–Kier alpha value is -2.17. The molecule has 1 saturated carbocycles. The molecule has 1 aliphatic heterocycles. The number of rotatable bonds is 4. The summed E-state index contributed by atoms with van der Waals surface area (Å²) in [4.78, 5) is 33.2. The molecule has 0 saturated heterocycles. The van der Waals surface area contributed by atoms with Crippen molar-refractivity contribution in [2.75, 3.05) is 0 Å². The van der Waals surface area contributed by atoms with Crippen molar-refractivity contribution in [3.8, 4) is 0 Å². The maximum absolute atomic E-state index is 13.3. The lowest BCUT2D eigenvalue weighted by Crippen LogP contribution is -2.43. The van der Waals surface area contributed by atoms with Gasteiger partial charge in [0.15, 0.2) is 0 Å². The average molecular weight is 382 g/mol. The summed E-state index contributed by atoms with van der Waals surface area (Å²) in [7, 11) is 0. The van der Waals surface area contributed by atoms with Gasteiger partial charge < -0.3 is 4.90 Å². The van der Waals surface area contributed by atoms with E-state index < -0.39 is 0 Å². The third kappa shape index (κ3) is 3.59. The van der Waals surface area contributed by atoms with Crippen molar-refractivity contribution in [1.82, 2.24) is 14.5 Å². The van der Waals surface area contributed by atoms with Crippen LogP contribution in [-0.2, 0) is 13.0 Å². The van der Waals surface area contributed by atoms with Crippen LogP contribution in [0.15, 0.2) is 23.0 Å². The Kier molecular flexibility index (Phi) is 5.26. The number of hydrogen-bond acceptors (Lipinski definition) is 3. The number of benzene rings is 1. The molecule has 1 aliphatic carbocycles. The zero-order chi connectivity index (χ0) is 19.8. The van der Waals surface area contributed by atoms with Crippen LogP contribution in [0, 0.1) is 5.92 Å². The van der Waals surface area contributed by atoms with Crippen LogP contribution in [0.2, 0.25) is 0 Å². The number of amides is 1. The van der Waals surface area contributed by atoms with E-state index in [1.807, 2.05) is 21.6 Å². The summed E-state index contributed by atoms with van der Waals surface area (Å²) in [6.45, 7) is 7.21. The molecule has 0 N–H and O–H groups in total. The quantitative estimate of drug-likeness (QED) is 0.799. The van der Waals surface area contributed by atoms with Crippen molar-refractivity contribution >= 4 is 16.8 Å². The third-order valence-corrected chi connectivity index (χ3v) is 6.39. The van der Waals surface area contributed by atoms with E-state index in [2.05, 4.69) is 20.8 Å². The van der Waals surface area contributed by atoms with Gasteiger partial charge in [0, 0.05) is 30.6 Å². The van der Waals surface area contributed by atoms with Crippen LogP contribution in [0.3, 0.4) is 0 Å². The maximum atomic E-state index is 13.3. The van der Waals surface area contributed by atoms with E-state index in [1.54, 1.807) is 6.07 Å². The van der Waals surface area contributed by atoms with Crippen molar-refractivity contribution in [3.63, 3.8) is 0 Å². The number of aromatic nitrogens is 2. The van der Waals surface area contributed by atoms with Gasteiger partial charge in [-0.15, -0.1) is 0 Å². The molecule has 1 amide bonds. The molecule has 0 bridgehead atoms. The summed E-state index contributed by atoms with van der Waals surface area (Å²) in [5.74, 6) is 1.35. The fourth-order valence-corrected chi connectivity index (χ4v) is 4.23. The molecule has 2 heterocycles. The van der Waals surface area contributed by atoms with Gasteiger partial charge in [-0.25, -0.2) is 4.98 Å². The molecular weight excluding hydrogens is 350 g/mol. The standard InChI is InChI=1S/C23H31N3O2/c1-15(2)16(3)26(18-10-11-18)22(27)17-9-12-19-20(14-17)24-21-8-6-4-5-7-13-25(21)23(19)28/h9,12,14-16,18H,4-8,10-11,13H2,1-3H3. The lowest BCUT2D eigenvalue weighted by Gasteiger charge is -2.32. The zero-order valence-electron chi connectivity index (χ0n) is 17.3. The van der Waals surface area contributed by atoms with Crippen molar-refractivity contribution < 1.29 is 4.79 Å². The minimum Gasteiger partial charge on any atom is -0.333 e. The van der Waals surface area contributed by atoms with Crippen LogP contribution in [0.4, 0.5) is 0 Å². The molecule has 2 aromatic rings. The van der Waals surface area contributed by atoms with Gasteiger partial charge in [0.2, 0.25) is 0 Å². The summed E-state index contributed by atoms with van der Waals surface area (Å²) in [6.07, 6.45) is 7.46. The lowest BCUT2D eigenvalue weighted by atomic mass is 10.0. The van der Waals surface area contributed by atoms with Gasteiger partial charge in [0.05, 0.1) is 10.9 Å². The molecule has 28 heavy (non-hydrogen) atoms. The molecule has 0 spiro atoms. The molecule has 1 aromatic carbocycles. The normalized spacial score (nSPS) is 18.4. The molecule has 5 heteroatoms. The van der Waals surface area contributed by atoms with Crippen LogP contribution < -0.4 is 5.56 Å². The zero-order valence-corrected chi connectivity index (χ0v) is 17.3. The first kappa shape index (κ1) is 19.2. The highest BCUT2D eigenvalue weighted by molar-refractivity contribution is 5.98. The van der Waals surface area contributed by atoms with Gasteiger partial charge in [0.25, 0.3) is 11.5 Å². The van der Waals surface area contributed by atoms with E-state index in [-0.39, 0.29) is 17.5 Å². The second-order valence-corrected chi connectivity index (χ2v) is 8.81. The first-order chi connectivity index (χ1) is 13.5. The van der Waals surface area contributed by atoms with Crippen LogP contribution >= 0.6 is 0 Å². The molecule has 0 radical (unpaired) electrons. The van der Waals surface area contributed by atoms with Gasteiger partial charge in [0.1, 0.15) is 5.82 Å². The Labute approximate surface area is 166 Å². The summed E-state index contributed by atoms with van der Waals surface area (Å²) < 4.78 is 1.85. The molecule has 2 aliphatic rings. The molecule has 1 fully saturated rings. The number of carbonyl (C=O) groups excluding carboxylic acids is 1. The highest BCUT2D eigenvalue weighted by Gasteiger charge is 2.37. The first-order valence-corrected chi connectivity index (χ1v) is 10.8. The monoisotopic (exact) mass is 381 g/mol. The van der Waals surface area contributed by atoms with Crippen LogP contribution in [-0.4, -0.2) is 32.4 Å². The van der Waals surface area contributed by atoms with E-state index in [0.717, 1.165) is 44.5 Å². The number of fused-ring (bicyclic) bond motifs is 2. The van der Waals surface area contributed by atoms with E-state index >= 15 is 0 Å². The van der Waals surface area contributed by atoms with Crippen LogP contribution in [0.1, 0.15) is 75.5 Å². The van der Waals surface area contributed by atoms with Crippen LogP contribution in [0.5, 0.6) is 0 Å². The second kappa shape index (κ2) is 7.69. The smallest absolute Gasteiger partial charge is 0.261 e. The summed E-state index contributed by atoms with van der Waals surface area (Å²) in [5.41, 5.74) is 1.35. The Bertz CT molecular complexity index is 943. The molecule has 1 aromatic heterocycles. The van der Waals surface area contributed by atoms with Gasteiger partial charge in [-0.05, 0) is 56.7 Å². The number of hydrogen-bond donors (Lipinski definition) is 0. The molecule has 1 atom stereocenters. The van der Waals surface area contributed by atoms with Crippen molar-refractivity contribution in [3.05, 3.63) is 39.9 Å². The maximum Gasteiger partial charge on any atom is 0.261 e. The first-order valence-electron chi connectivity index (χ1n) is 10.8. The van der Waals surface area contributed by atoms with Gasteiger partial charge in [-0.2, -0.15) is 0 Å². The number of carbonyl (C=O) groups is 1. The molecule has 4 rings (SSSR count). The Morgan fingerprint density at radius 2 is 1.89 bits per heavy atom. The largest absolute Gasteiger partial charge is 0.333 e. The minimum atomic E-state index is 0.0375. The fraction of sp³-hybridized carbons (Fsp3) is 0.609. The van der Waals surface area contributed by atoms with E-state index in [0.29, 0.717) is 28.4 Å². The predicted molar refractivity (Wildman–Crippen MR) is 112 cm³/mol. The van der Waals surface area contributed by atoms with E-state index in [4.69, 9.17) is 4.98 Å². The second-order valence-electron chi connectivity index (χ2n) is 8.81. The van der Waals surface area contributed by atoms with E-state index in [9.17, 15) is 9.59 Å². The Morgan fingerprint density at radius 1 is 1.14 bits per heavy atom. The molecular formula is C23H31N3O2. The molecule has 5 nitrogen and oxygen atoms in total. The van der Waals surface area contributed by atoms with Gasteiger partial charge >= 0.3 is 0 Å². The Balaban J connectivity index is 1.73. The predicted octanol–water partition coefficient (Wildman–Crippen LogP) is 4.16. The SMILES string of the molecule is CC(C)C(C)N(C(=O)c1ccc2c(=O)n3c(nc2c1)CCCCCC3)C1CC1. The van der Waals surface area contributed by atoms with Crippen molar-refractivity contribution in [2.45, 2.75) is 84.3 Å². The van der Waals surface area contributed by atoms with Crippen molar-refractivity contribution in [2.24, 2.45) is 5.92 Å². The highest BCUT2D eigenvalue weighted by Crippen LogP contribution is 2.32. The fourth-order valence-electron chi connectivity index (χ4n) is 4.23. The number of aryl methyl sites for hydroxylation is 1. The minimum absolute atomic E-state index is 0.0375. The van der Waals surface area contributed by atoms with Crippen LogP contribution in [0.25, 0.3) is 10.9 Å². The molecule has 1 unspecified atom stereocenters. The summed E-state index contributed by atoms with van der Waals surface area (Å²) in [6, 6.07) is 6.00. The van der Waals surface area contributed by atoms with Gasteiger partial charge in [-0.3, -0.25) is 14.2 Å².